The van der Waals surface area contributed by atoms with Crippen LogP contribution in [-0.2, 0) is 4.79 Å². The van der Waals surface area contributed by atoms with Crippen molar-refractivity contribution < 1.29 is 9.90 Å². The van der Waals surface area contributed by atoms with Crippen molar-refractivity contribution in [1.29, 1.82) is 0 Å². The molecule has 15 heavy (non-hydrogen) atoms. The van der Waals surface area contributed by atoms with Gasteiger partial charge in [-0.05, 0) is 32.4 Å². The van der Waals surface area contributed by atoms with Gasteiger partial charge in [0.25, 0.3) is 0 Å². The van der Waals surface area contributed by atoms with Crippen molar-refractivity contribution in [3.8, 4) is 0 Å². The van der Waals surface area contributed by atoms with Crippen molar-refractivity contribution in [1.82, 2.24) is 4.98 Å². The number of likely N-dealkylation sites (N-methyl/N-ethyl adjacent to an activating group) is 1. The van der Waals surface area contributed by atoms with Gasteiger partial charge in [0.1, 0.15) is 11.4 Å². The third-order valence-electron chi connectivity index (χ3n) is 2.66. The fourth-order valence-electron chi connectivity index (χ4n) is 1.24. The maximum atomic E-state index is 11.1. The van der Waals surface area contributed by atoms with E-state index in [-0.39, 0.29) is 0 Å². The van der Waals surface area contributed by atoms with E-state index in [1.54, 1.807) is 32.0 Å². The highest BCUT2D eigenvalue weighted by Gasteiger charge is 2.33. The van der Waals surface area contributed by atoms with E-state index in [4.69, 9.17) is 5.11 Å². The van der Waals surface area contributed by atoms with Gasteiger partial charge in [-0.2, -0.15) is 0 Å². The van der Waals surface area contributed by atoms with Crippen LogP contribution in [-0.4, -0.2) is 28.6 Å². The van der Waals surface area contributed by atoms with Gasteiger partial charge >= 0.3 is 5.97 Å². The molecule has 1 N–H and O–H groups in total. The quantitative estimate of drug-likeness (QED) is 0.821. The number of aryl methyl sites for hydroxylation is 1. The first-order valence-corrected chi connectivity index (χ1v) is 4.76. The number of carboxylic acid groups (broad SMARTS) is 1. The number of rotatable bonds is 3. The molecule has 0 radical (unpaired) electrons. The molecule has 1 heterocycles. The topological polar surface area (TPSA) is 53.4 Å². The molecule has 0 aliphatic rings. The summed E-state index contributed by atoms with van der Waals surface area (Å²) in [5, 5.41) is 9.09. The number of carbonyl (C=O) groups is 1. The number of aliphatic carboxylic acids is 1. The standard InChI is InChI=1S/C11H16N2O2/c1-8-6-5-7-12-9(8)13(4)11(2,3)10(14)15/h5-7H,1-4H3,(H,14,15). The van der Waals surface area contributed by atoms with Crippen LogP contribution in [0.1, 0.15) is 19.4 Å². The predicted octanol–water partition coefficient (Wildman–Crippen LogP) is 1.69. The number of aromatic nitrogens is 1. The van der Waals surface area contributed by atoms with Crippen LogP contribution in [0.5, 0.6) is 0 Å². The Hall–Kier alpha value is -1.58. The molecule has 0 bridgehead atoms. The van der Waals surface area contributed by atoms with Crippen LogP contribution >= 0.6 is 0 Å². The Labute approximate surface area is 89.6 Å². The van der Waals surface area contributed by atoms with Crippen LogP contribution in [0, 0.1) is 6.92 Å². The van der Waals surface area contributed by atoms with Crippen LogP contribution in [0.4, 0.5) is 5.82 Å². The zero-order valence-electron chi connectivity index (χ0n) is 9.48. The molecule has 0 atom stereocenters. The second-order valence-corrected chi connectivity index (χ2v) is 4.07. The number of nitrogens with zero attached hydrogens (tertiary/aromatic N) is 2. The summed E-state index contributed by atoms with van der Waals surface area (Å²) in [6, 6.07) is 3.75. The summed E-state index contributed by atoms with van der Waals surface area (Å²) in [6.07, 6.45) is 1.66. The van der Waals surface area contributed by atoms with Crippen LogP contribution in [0.3, 0.4) is 0 Å². The average Bonchev–Trinajstić information content (AvgIpc) is 2.17. The highest BCUT2D eigenvalue weighted by Crippen LogP contribution is 2.23. The first-order valence-electron chi connectivity index (χ1n) is 4.76. The highest BCUT2D eigenvalue weighted by molar-refractivity contribution is 5.82. The predicted molar refractivity (Wildman–Crippen MR) is 59.1 cm³/mol. The Bertz CT molecular complexity index is 375. The molecule has 0 aromatic carbocycles. The second kappa shape index (κ2) is 3.88. The lowest BCUT2D eigenvalue weighted by molar-refractivity contribution is -0.142. The second-order valence-electron chi connectivity index (χ2n) is 4.07. The number of carboxylic acids is 1. The van der Waals surface area contributed by atoms with Crippen molar-refractivity contribution in [3.05, 3.63) is 23.9 Å². The van der Waals surface area contributed by atoms with Crippen LogP contribution in [0.2, 0.25) is 0 Å². The minimum absolute atomic E-state index is 0.699. The smallest absolute Gasteiger partial charge is 0.328 e. The van der Waals surface area contributed by atoms with Crippen molar-refractivity contribution in [2.45, 2.75) is 26.3 Å². The molecule has 0 unspecified atom stereocenters. The maximum absolute atomic E-state index is 11.1. The van der Waals surface area contributed by atoms with E-state index in [2.05, 4.69) is 4.98 Å². The minimum Gasteiger partial charge on any atom is -0.480 e. The fraction of sp³-hybridized carbons (Fsp3) is 0.455. The van der Waals surface area contributed by atoms with Crippen molar-refractivity contribution in [2.24, 2.45) is 0 Å². The zero-order chi connectivity index (χ0) is 11.6. The molecule has 0 aliphatic heterocycles. The normalized spacial score (nSPS) is 11.2. The summed E-state index contributed by atoms with van der Waals surface area (Å²) in [6.45, 7) is 5.23. The van der Waals surface area contributed by atoms with E-state index >= 15 is 0 Å². The van der Waals surface area contributed by atoms with Gasteiger partial charge in [-0.15, -0.1) is 0 Å². The third kappa shape index (κ3) is 2.09. The molecule has 0 saturated carbocycles. The molecule has 1 aromatic rings. The van der Waals surface area contributed by atoms with E-state index in [9.17, 15) is 4.79 Å². The van der Waals surface area contributed by atoms with Gasteiger partial charge in [-0.25, -0.2) is 9.78 Å². The minimum atomic E-state index is -0.959. The Morgan fingerprint density at radius 3 is 2.60 bits per heavy atom. The molecule has 0 saturated heterocycles. The molecule has 0 aliphatic carbocycles. The SMILES string of the molecule is Cc1cccnc1N(C)C(C)(C)C(=O)O. The molecule has 1 rings (SSSR count). The summed E-state index contributed by atoms with van der Waals surface area (Å²) < 4.78 is 0. The Kier molecular flexibility index (Phi) is 2.98. The zero-order valence-corrected chi connectivity index (χ0v) is 9.48. The number of hydrogen-bond acceptors (Lipinski definition) is 3. The first kappa shape index (κ1) is 11.5. The summed E-state index contributed by atoms with van der Waals surface area (Å²) >= 11 is 0. The van der Waals surface area contributed by atoms with E-state index in [1.165, 1.54) is 0 Å². The number of hydrogen-bond donors (Lipinski definition) is 1. The fourth-order valence-corrected chi connectivity index (χ4v) is 1.24. The van der Waals surface area contributed by atoms with Crippen molar-refractivity contribution in [2.75, 3.05) is 11.9 Å². The lowest BCUT2D eigenvalue weighted by Crippen LogP contribution is -2.48. The van der Waals surface area contributed by atoms with Crippen LogP contribution < -0.4 is 4.90 Å². The summed E-state index contributed by atoms with van der Waals surface area (Å²) in [4.78, 5) is 16.9. The van der Waals surface area contributed by atoms with Crippen molar-refractivity contribution in [3.63, 3.8) is 0 Å². The van der Waals surface area contributed by atoms with Gasteiger partial charge in [-0.1, -0.05) is 6.07 Å². The average molecular weight is 208 g/mol. The highest BCUT2D eigenvalue weighted by atomic mass is 16.4. The van der Waals surface area contributed by atoms with E-state index in [0.29, 0.717) is 5.82 Å². The Morgan fingerprint density at radius 2 is 2.13 bits per heavy atom. The van der Waals surface area contributed by atoms with E-state index in [0.717, 1.165) is 5.56 Å². The lowest BCUT2D eigenvalue weighted by Gasteiger charge is -2.33. The van der Waals surface area contributed by atoms with Crippen LogP contribution in [0.15, 0.2) is 18.3 Å². The Morgan fingerprint density at radius 1 is 1.53 bits per heavy atom. The van der Waals surface area contributed by atoms with Crippen LogP contribution in [0.25, 0.3) is 0 Å². The van der Waals surface area contributed by atoms with Gasteiger partial charge in [-0.3, -0.25) is 0 Å². The summed E-state index contributed by atoms with van der Waals surface area (Å²) in [5.41, 5.74) is 0.00775. The number of anilines is 1. The van der Waals surface area contributed by atoms with Gasteiger partial charge < -0.3 is 10.0 Å². The molecule has 4 nitrogen and oxygen atoms in total. The lowest BCUT2D eigenvalue weighted by atomic mass is 10.0. The largest absolute Gasteiger partial charge is 0.480 e. The van der Waals surface area contributed by atoms with Gasteiger partial charge in [0.15, 0.2) is 0 Å². The summed E-state index contributed by atoms with van der Waals surface area (Å²) in [5.74, 6) is -0.167. The molecular weight excluding hydrogens is 192 g/mol. The molecule has 0 spiro atoms. The molecule has 0 fully saturated rings. The van der Waals surface area contributed by atoms with Gasteiger partial charge in [0.2, 0.25) is 0 Å². The molecule has 82 valence electrons. The monoisotopic (exact) mass is 208 g/mol. The van der Waals surface area contributed by atoms with Gasteiger partial charge in [0.05, 0.1) is 0 Å². The molecule has 0 amide bonds. The molecular formula is C11H16N2O2. The van der Waals surface area contributed by atoms with E-state index < -0.39 is 11.5 Å². The summed E-state index contributed by atoms with van der Waals surface area (Å²) in [7, 11) is 1.74. The van der Waals surface area contributed by atoms with Crippen molar-refractivity contribution >= 4 is 11.8 Å². The van der Waals surface area contributed by atoms with E-state index in [1.807, 2.05) is 19.1 Å². The molecule has 4 heteroatoms. The third-order valence-corrected chi connectivity index (χ3v) is 2.66. The molecule has 1 aromatic heterocycles. The number of pyridine rings is 1. The first-order chi connectivity index (χ1) is 6.87. The maximum Gasteiger partial charge on any atom is 0.328 e. The van der Waals surface area contributed by atoms with Gasteiger partial charge in [0, 0.05) is 13.2 Å². The Balaban J connectivity index is 3.10.